The van der Waals surface area contributed by atoms with Gasteiger partial charge >= 0.3 is 6.03 Å². The Kier molecular flexibility index (Phi) is 5.52. The van der Waals surface area contributed by atoms with E-state index in [1.54, 1.807) is 11.2 Å². The van der Waals surface area contributed by atoms with Crippen LogP contribution >= 0.6 is 0 Å². The molecule has 0 saturated carbocycles. The number of para-hydroxylation sites is 1. The minimum atomic E-state index is -0.151. The number of nitrogens with one attached hydrogen (secondary N) is 1. The van der Waals surface area contributed by atoms with Gasteiger partial charge in [0.25, 0.3) is 0 Å². The van der Waals surface area contributed by atoms with Gasteiger partial charge in [0.15, 0.2) is 0 Å². The molecule has 3 rings (SSSR count). The van der Waals surface area contributed by atoms with Gasteiger partial charge in [-0.2, -0.15) is 0 Å². The summed E-state index contributed by atoms with van der Waals surface area (Å²) < 4.78 is 5.42. The van der Waals surface area contributed by atoms with Crippen molar-refractivity contribution in [3.63, 3.8) is 0 Å². The summed E-state index contributed by atoms with van der Waals surface area (Å²) in [6.45, 7) is 3.07. The molecule has 0 spiro atoms. The van der Waals surface area contributed by atoms with E-state index in [4.69, 9.17) is 4.42 Å². The zero-order chi connectivity index (χ0) is 17.5. The van der Waals surface area contributed by atoms with Crippen LogP contribution in [0.5, 0.6) is 0 Å². The van der Waals surface area contributed by atoms with Crippen molar-refractivity contribution in [2.75, 3.05) is 5.32 Å². The summed E-state index contributed by atoms with van der Waals surface area (Å²) in [5.74, 6) is 0.758. The number of benzene rings is 2. The van der Waals surface area contributed by atoms with Gasteiger partial charge in [-0.05, 0) is 41.8 Å². The molecule has 0 saturated heterocycles. The second kappa shape index (κ2) is 8.20. The lowest BCUT2D eigenvalue weighted by Gasteiger charge is -2.22. The van der Waals surface area contributed by atoms with Crippen LogP contribution in [0, 0.1) is 0 Å². The highest BCUT2D eigenvalue weighted by molar-refractivity contribution is 5.89. The maximum atomic E-state index is 12.7. The third-order valence-corrected chi connectivity index (χ3v) is 4.04. The van der Waals surface area contributed by atoms with Crippen molar-refractivity contribution in [2.45, 2.75) is 26.4 Å². The van der Waals surface area contributed by atoms with Gasteiger partial charge in [0.05, 0.1) is 12.8 Å². The number of hydrogen-bond acceptors (Lipinski definition) is 2. The van der Waals surface area contributed by atoms with Gasteiger partial charge in [-0.15, -0.1) is 0 Å². The second-order valence-corrected chi connectivity index (χ2v) is 5.90. The molecule has 3 aromatic rings. The summed E-state index contributed by atoms with van der Waals surface area (Å²) in [4.78, 5) is 14.5. The number of anilines is 1. The molecule has 0 atom stereocenters. The topological polar surface area (TPSA) is 45.5 Å². The molecule has 0 aliphatic rings. The smallest absolute Gasteiger partial charge is 0.322 e. The Balaban J connectivity index is 1.74. The Labute approximate surface area is 148 Å². The van der Waals surface area contributed by atoms with Gasteiger partial charge in [-0.1, -0.05) is 49.4 Å². The molecule has 1 aromatic heterocycles. The van der Waals surface area contributed by atoms with Gasteiger partial charge in [0.2, 0.25) is 0 Å². The Morgan fingerprint density at radius 1 is 0.920 bits per heavy atom. The molecule has 0 bridgehead atoms. The molecule has 1 heterocycles. The summed E-state index contributed by atoms with van der Waals surface area (Å²) >= 11 is 0. The van der Waals surface area contributed by atoms with Crippen LogP contribution in [-0.2, 0) is 19.5 Å². The zero-order valence-corrected chi connectivity index (χ0v) is 14.3. The molecule has 0 unspecified atom stereocenters. The number of rotatable bonds is 6. The lowest BCUT2D eigenvalue weighted by Crippen LogP contribution is -2.33. The molecule has 4 heteroatoms. The number of amides is 2. The fourth-order valence-electron chi connectivity index (χ4n) is 2.61. The Morgan fingerprint density at radius 3 is 2.28 bits per heavy atom. The van der Waals surface area contributed by atoms with Gasteiger partial charge in [0, 0.05) is 12.2 Å². The minimum Gasteiger partial charge on any atom is -0.467 e. The van der Waals surface area contributed by atoms with E-state index in [0.717, 1.165) is 23.4 Å². The second-order valence-electron chi connectivity index (χ2n) is 5.90. The van der Waals surface area contributed by atoms with E-state index in [-0.39, 0.29) is 6.03 Å². The number of carbonyl (C=O) groups is 1. The highest BCUT2D eigenvalue weighted by Gasteiger charge is 2.16. The monoisotopic (exact) mass is 334 g/mol. The lowest BCUT2D eigenvalue weighted by atomic mass is 10.1. The molecule has 2 amide bonds. The predicted molar refractivity (Wildman–Crippen MR) is 99.2 cm³/mol. The van der Waals surface area contributed by atoms with E-state index < -0.39 is 0 Å². The van der Waals surface area contributed by atoms with Crippen LogP contribution in [0.2, 0.25) is 0 Å². The SMILES string of the molecule is CCc1ccc(CN(Cc2ccco2)C(=O)Nc2ccccc2)cc1. The van der Waals surface area contributed by atoms with Gasteiger partial charge in [0.1, 0.15) is 5.76 Å². The molecule has 0 radical (unpaired) electrons. The molecule has 0 fully saturated rings. The molecule has 128 valence electrons. The third-order valence-electron chi connectivity index (χ3n) is 4.04. The summed E-state index contributed by atoms with van der Waals surface area (Å²) in [7, 11) is 0. The number of carbonyl (C=O) groups excluding carboxylic acids is 1. The molecule has 2 aromatic carbocycles. The predicted octanol–water partition coefficient (Wildman–Crippen LogP) is 5.08. The zero-order valence-electron chi connectivity index (χ0n) is 14.3. The Hall–Kier alpha value is -3.01. The van der Waals surface area contributed by atoms with E-state index in [9.17, 15) is 4.79 Å². The minimum absolute atomic E-state index is 0.151. The van der Waals surface area contributed by atoms with Crippen LogP contribution in [0.1, 0.15) is 23.8 Å². The van der Waals surface area contributed by atoms with Crippen molar-refractivity contribution >= 4 is 11.7 Å². The van der Waals surface area contributed by atoms with E-state index in [2.05, 4.69) is 36.5 Å². The van der Waals surface area contributed by atoms with E-state index in [1.165, 1.54) is 5.56 Å². The normalized spacial score (nSPS) is 10.4. The Morgan fingerprint density at radius 2 is 1.64 bits per heavy atom. The number of nitrogens with zero attached hydrogens (tertiary/aromatic N) is 1. The number of urea groups is 1. The van der Waals surface area contributed by atoms with Crippen LogP contribution in [0.25, 0.3) is 0 Å². The molecular formula is C21H22N2O2. The fraction of sp³-hybridized carbons (Fsp3) is 0.190. The molecular weight excluding hydrogens is 312 g/mol. The highest BCUT2D eigenvalue weighted by Crippen LogP contribution is 2.14. The van der Waals surface area contributed by atoms with Crippen LogP contribution < -0.4 is 5.32 Å². The maximum absolute atomic E-state index is 12.7. The molecule has 1 N–H and O–H groups in total. The van der Waals surface area contributed by atoms with Crippen LogP contribution in [0.15, 0.2) is 77.4 Å². The largest absolute Gasteiger partial charge is 0.467 e. The first kappa shape index (κ1) is 16.8. The first-order chi connectivity index (χ1) is 12.2. The first-order valence-corrected chi connectivity index (χ1v) is 8.46. The number of furan rings is 1. The average molecular weight is 334 g/mol. The quantitative estimate of drug-likeness (QED) is 0.683. The van der Waals surface area contributed by atoms with Gasteiger partial charge in [-0.3, -0.25) is 0 Å². The maximum Gasteiger partial charge on any atom is 0.322 e. The van der Waals surface area contributed by atoms with E-state index >= 15 is 0 Å². The van der Waals surface area contributed by atoms with Gasteiger partial charge in [-0.25, -0.2) is 4.79 Å². The van der Waals surface area contributed by atoms with E-state index in [0.29, 0.717) is 13.1 Å². The molecule has 0 aliphatic carbocycles. The third kappa shape index (κ3) is 4.73. The number of hydrogen-bond donors (Lipinski definition) is 1. The Bertz CT molecular complexity index is 781. The number of aryl methyl sites for hydroxylation is 1. The van der Waals surface area contributed by atoms with Crippen molar-refractivity contribution in [2.24, 2.45) is 0 Å². The van der Waals surface area contributed by atoms with Crippen LogP contribution in [0.4, 0.5) is 10.5 Å². The summed E-state index contributed by atoms with van der Waals surface area (Å²) in [6.07, 6.45) is 2.63. The van der Waals surface area contributed by atoms with Crippen molar-refractivity contribution < 1.29 is 9.21 Å². The first-order valence-electron chi connectivity index (χ1n) is 8.46. The molecule has 0 aliphatic heterocycles. The summed E-state index contributed by atoms with van der Waals surface area (Å²) in [5, 5.41) is 2.94. The average Bonchev–Trinajstić information content (AvgIpc) is 3.16. The molecule has 4 nitrogen and oxygen atoms in total. The van der Waals surface area contributed by atoms with Crippen LogP contribution in [-0.4, -0.2) is 10.9 Å². The van der Waals surface area contributed by atoms with Crippen molar-refractivity contribution in [3.05, 3.63) is 89.9 Å². The summed E-state index contributed by atoms with van der Waals surface area (Å²) in [6, 6.07) is 21.4. The lowest BCUT2D eigenvalue weighted by molar-refractivity contribution is 0.201. The van der Waals surface area contributed by atoms with E-state index in [1.807, 2.05) is 42.5 Å². The molecule has 25 heavy (non-hydrogen) atoms. The fourth-order valence-corrected chi connectivity index (χ4v) is 2.61. The standard InChI is InChI=1S/C21H22N2O2/c1-2-17-10-12-18(13-11-17)15-23(16-20-9-6-14-25-20)21(24)22-19-7-4-3-5-8-19/h3-14H,2,15-16H2,1H3,(H,22,24). The van der Waals surface area contributed by atoms with Crippen molar-refractivity contribution in [1.29, 1.82) is 0 Å². The van der Waals surface area contributed by atoms with Crippen LogP contribution in [0.3, 0.4) is 0 Å². The highest BCUT2D eigenvalue weighted by atomic mass is 16.3. The van der Waals surface area contributed by atoms with Gasteiger partial charge < -0.3 is 14.6 Å². The van der Waals surface area contributed by atoms with Crippen molar-refractivity contribution in [3.8, 4) is 0 Å². The van der Waals surface area contributed by atoms with Crippen molar-refractivity contribution in [1.82, 2.24) is 4.90 Å². The summed E-state index contributed by atoms with van der Waals surface area (Å²) in [5.41, 5.74) is 3.15.